The van der Waals surface area contributed by atoms with E-state index in [0.717, 1.165) is 25.7 Å². The number of rotatable bonds is 6. The highest BCUT2D eigenvalue weighted by molar-refractivity contribution is 5.76. The zero-order chi connectivity index (χ0) is 14.4. The molecule has 1 aliphatic carbocycles. The number of carbonyl (C=O) groups excluding carboxylic acids is 1. The average molecular weight is 271 g/mol. The molecule has 110 valence electrons. The quantitative estimate of drug-likeness (QED) is 0.721. The van der Waals surface area contributed by atoms with Crippen LogP contribution in [0.3, 0.4) is 0 Å². The summed E-state index contributed by atoms with van der Waals surface area (Å²) in [4.78, 5) is 22.8. The van der Waals surface area contributed by atoms with Gasteiger partial charge in [0.1, 0.15) is 6.04 Å². The first-order chi connectivity index (χ1) is 8.99. The van der Waals surface area contributed by atoms with Crippen molar-refractivity contribution in [2.24, 2.45) is 11.8 Å². The van der Waals surface area contributed by atoms with Crippen LogP contribution in [0.1, 0.15) is 46.0 Å². The molecule has 1 fully saturated rings. The van der Waals surface area contributed by atoms with Gasteiger partial charge in [-0.1, -0.05) is 26.7 Å². The third-order valence-corrected chi connectivity index (χ3v) is 4.11. The van der Waals surface area contributed by atoms with E-state index < -0.39 is 5.97 Å². The van der Waals surface area contributed by atoms with E-state index in [1.165, 1.54) is 7.11 Å². The van der Waals surface area contributed by atoms with Crippen molar-refractivity contribution in [1.82, 2.24) is 5.32 Å². The molecule has 1 aliphatic rings. The molecular formula is C14H25NO4. The van der Waals surface area contributed by atoms with Gasteiger partial charge in [-0.15, -0.1) is 0 Å². The lowest BCUT2D eigenvalue weighted by Gasteiger charge is -2.32. The number of aliphatic carboxylic acids is 1. The molecule has 0 aromatic rings. The van der Waals surface area contributed by atoms with Crippen molar-refractivity contribution in [3.63, 3.8) is 0 Å². The predicted octanol–water partition coefficient (Wildman–Crippen LogP) is 1.81. The molecule has 2 N–H and O–H groups in total. The molecule has 0 bridgehead atoms. The van der Waals surface area contributed by atoms with E-state index in [2.05, 4.69) is 5.32 Å². The van der Waals surface area contributed by atoms with Crippen LogP contribution in [0, 0.1) is 11.8 Å². The van der Waals surface area contributed by atoms with E-state index in [-0.39, 0.29) is 29.9 Å². The second-order valence-corrected chi connectivity index (χ2v) is 5.45. The first-order valence-electron chi connectivity index (χ1n) is 7.06. The molecule has 1 saturated carbocycles. The Morgan fingerprint density at radius 2 is 2.11 bits per heavy atom. The molecule has 0 aromatic heterocycles. The molecule has 5 nitrogen and oxygen atoms in total. The monoisotopic (exact) mass is 271 g/mol. The fraction of sp³-hybridized carbons (Fsp3) is 0.857. The molecule has 4 unspecified atom stereocenters. The van der Waals surface area contributed by atoms with E-state index in [9.17, 15) is 9.59 Å². The van der Waals surface area contributed by atoms with Crippen LogP contribution < -0.4 is 5.32 Å². The Labute approximate surface area is 114 Å². The third kappa shape index (κ3) is 4.49. The van der Waals surface area contributed by atoms with Crippen molar-refractivity contribution >= 4 is 11.9 Å². The van der Waals surface area contributed by atoms with Gasteiger partial charge in [0.2, 0.25) is 0 Å². The number of hydrogen-bond donors (Lipinski definition) is 2. The highest BCUT2D eigenvalue weighted by Gasteiger charge is 2.32. The molecule has 0 amide bonds. The zero-order valence-electron chi connectivity index (χ0n) is 12.0. The summed E-state index contributed by atoms with van der Waals surface area (Å²) in [6.07, 6.45) is 4.03. The topological polar surface area (TPSA) is 75.6 Å². The molecule has 19 heavy (non-hydrogen) atoms. The number of esters is 1. The summed E-state index contributed by atoms with van der Waals surface area (Å²) in [5.74, 6) is -1.10. The van der Waals surface area contributed by atoms with Crippen LogP contribution in [0.4, 0.5) is 0 Å². The average Bonchev–Trinajstić information content (AvgIpc) is 2.43. The molecular weight excluding hydrogens is 246 g/mol. The SMILES string of the molecule is CCC(C)C(NC1CCCC(C(=O)O)C1)C(=O)OC. The number of carboxylic acids is 1. The predicted molar refractivity (Wildman–Crippen MR) is 71.8 cm³/mol. The van der Waals surface area contributed by atoms with Crippen LogP contribution in [-0.4, -0.2) is 36.2 Å². The van der Waals surface area contributed by atoms with Crippen molar-refractivity contribution < 1.29 is 19.4 Å². The van der Waals surface area contributed by atoms with Crippen LogP contribution in [0.25, 0.3) is 0 Å². The van der Waals surface area contributed by atoms with Crippen molar-refractivity contribution in [2.75, 3.05) is 7.11 Å². The standard InChI is InChI=1S/C14H25NO4/c1-4-9(2)12(14(18)19-3)15-11-7-5-6-10(8-11)13(16)17/h9-12,15H,4-8H2,1-3H3,(H,16,17). The van der Waals surface area contributed by atoms with Gasteiger partial charge < -0.3 is 15.2 Å². The van der Waals surface area contributed by atoms with Gasteiger partial charge >= 0.3 is 11.9 Å². The molecule has 0 aromatic carbocycles. The summed E-state index contributed by atoms with van der Waals surface area (Å²) in [6, 6.07) is -0.250. The molecule has 1 rings (SSSR count). The van der Waals surface area contributed by atoms with Crippen LogP contribution in [0.15, 0.2) is 0 Å². The first kappa shape index (κ1) is 16.0. The van der Waals surface area contributed by atoms with Gasteiger partial charge in [-0.25, -0.2) is 0 Å². The maximum Gasteiger partial charge on any atom is 0.323 e. The second kappa shape index (κ2) is 7.48. The van der Waals surface area contributed by atoms with Gasteiger partial charge in [-0.05, 0) is 25.2 Å². The van der Waals surface area contributed by atoms with Crippen LogP contribution >= 0.6 is 0 Å². The summed E-state index contributed by atoms with van der Waals surface area (Å²) >= 11 is 0. The summed E-state index contributed by atoms with van der Waals surface area (Å²) in [5.41, 5.74) is 0. The molecule has 5 heteroatoms. The number of hydrogen-bond acceptors (Lipinski definition) is 4. The number of nitrogens with one attached hydrogen (secondary N) is 1. The molecule has 0 saturated heterocycles. The van der Waals surface area contributed by atoms with E-state index in [4.69, 9.17) is 9.84 Å². The number of methoxy groups -OCH3 is 1. The van der Waals surface area contributed by atoms with Crippen LogP contribution in [0.2, 0.25) is 0 Å². The zero-order valence-corrected chi connectivity index (χ0v) is 12.0. The molecule has 0 aliphatic heterocycles. The van der Waals surface area contributed by atoms with Gasteiger partial charge in [0.25, 0.3) is 0 Å². The highest BCUT2D eigenvalue weighted by Crippen LogP contribution is 2.25. The van der Waals surface area contributed by atoms with Gasteiger partial charge in [0.15, 0.2) is 0 Å². The molecule has 0 spiro atoms. The smallest absolute Gasteiger partial charge is 0.323 e. The van der Waals surface area contributed by atoms with Crippen molar-refractivity contribution in [1.29, 1.82) is 0 Å². The lowest BCUT2D eigenvalue weighted by molar-refractivity contribution is -0.145. The fourth-order valence-electron chi connectivity index (χ4n) is 2.65. The Bertz CT molecular complexity index is 319. The van der Waals surface area contributed by atoms with E-state index in [0.29, 0.717) is 6.42 Å². The number of carboxylic acid groups (broad SMARTS) is 1. The number of carbonyl (C=O) groups is 2. The van der Waals surface area contributed by atoms with E-state index in [1.54, 1.807) is 0 Å². The summed E-state index contributed by atoms with van der Waals surface area (Å²) in [6.45, 7) is 4.04. The summed E-state index contributed by atoms with van der Waals surface area (Å²) in [5, 5.41) is 12.4. The third-order valence-electron chi connectivity index (χ3n) is 4.11. The Morgan fingerprint density at radius 3 is 2.63 bits per heavy atom. The minimum Gasteiger partial charge on any atom is -0.481 e. The molecule has 0 radical (unpaired) electrons. The maximum atomic E-state index is 11.8. The number of ether oxygens (including phenoxy) is 1. The first-order valence-corrected chi connectivity index (χ1v) is 7.06. The van der Waals surface area contributed by atoms with Gasteiger partial charge in [-0.2, -0.15) is 0 Å². The molecule has 0 heterocycles. The Hall–Kier alpha value is -1.10. The van der Waals surface area contributed by atoms with E-state index in [1.807, 2.05) is 13.8 Å². The summed E-state index contributed by atoms with van der Waals surface area (Å²) < 4.78 is 4.83. The summed E-state index contributed by atoms with van der Waals surface area (Å²) in [7, 11) is 1.39. The van der Waals surface area contributed by atoms with E-state index >= 15 is 0 Å². The molecule has 4 atom stereocenters. The minimum atomic E-state index is -0.732. The largest absolute Gasteiger partial charge is 0.481 e. The fourth-order valence-corrected chi connectivity index (χ4v) is 2.65. The Morgan fingerprint density at radius 1 is 1.42 bits per heavy atom. The van der Waals surface area contributed by atoms with Gasteiger partial charge in [0, 0.05) is 6.04 Å². The lowest BCUT2D eigenvalue weighted by atomic mass is 9.84. The van der Waals surface area contributed by atoms with Crippen molar-refractivity contribution in [3.8, 4) is 0 Å². The van der Waals surface area contributed by atoms with Gasteiger partial charge in [-0.3, -0.25) is 9.59 Å². The Balaban J connectivity index is 2.63. The second-order valence-electron chi connectivity index (χ2n) is 5.45. The van der Waals surface area contributed by atoms with Crippen molar-refractivity contribution in [2.45, 2.75) is 58.0 Å². The Kier molecular flexibility index (Phi) is 6.28. The minimum absolute atomic E-state index is 0.0907. The van der Waals surface area contributed by atoms with Crippen molar-refractivity contribution in [3.05, 3.63) is 0 Å². The van der Waals surface area contributed by atoms with Crippen LogP contribution in [-0.2, 0) is 14.3 Å². The lowest BCUT2D eigenvalue weighted by Crippen LogP contribution is -2.49. The maximum absolute atomic E-state index is 11.8. The van der Waals surface area contributed by atoms with Gasteiger partial charge in [0.05, 0.1) is 13.0 Å². The normalized spacial score (nSPS) is 26.5. The van der Waals surface area contributed by atoms with Crippen LogP contribution in [0.5, 0.6) is 0 Å². The highest BCUT2D eigenvalue weighted by atomic mass is 16.5.